The first-order valence-corrected chi connectivity index (χ1v) is 8.10. The number of nitrogens with zero attached hydrogens (tertiary/aromatic N) is 1. The molecule has 0 aliphatic heterocycles. The predicted octanol–water partition coefficient (Wildman–Crippen LogP) is 3.42. The van der Waals surface area contributed by atoms with Crippen molar-refractivity contribution in [1.29, 1.82) is 0 Å². The third-order valence-electron chi connectivity index (χ3n) is 4.08. The highest BCUT2D eigenvalue weighted by Crippen LogP contribution is 2.22. The Labute approximate surface area is 130 Å². The van der Waals surface area contributed by atoms with Crippen LogP contribution in [-0.4, -0.2) is 30.8 Å². The highest BCUT2D eigenvalue weighted by atomic mass is 16.3. The molecule has 0 radical (unpaired) electrons. The lowest BCUT2D eigenvalue weighted by molar-refractivity contribution is 0.196. The van der Waals surface area contributed by atoms with Crippen LogP contribution in [-0.2, 0) is 6.54 Å². The van der Waals surface area contributed by atoms with Gasteiger partial charge in [0.25, 0.3) is 0 Å². The maximum Gasteiger partial charge on any atom is 0.0446 e. The van der Waals surface area contributed by atoms with Crippen molar-refractivity contribution in [2.24, 2.45) is 5.41 Å². The summed E-state index contributed by atoms with van der Waals surface area (Å²) in [6.45, 7) is 14.2. The summed E-state index contributed by atoms with van der Waals surface area (Å²) in [5, 5.41) is 12.8. The van der Waals surface area contributed by atoms with Gasteiger partial charge in [0.2, 0.25) is 0 Å². The minimum absolute atomic E-state index is 0.157. The van der Waals surface area contributed by atoms with E-state index in [0.717, 1.165) is 26.1 Å². The van der Waals surface area contributed by atoms with Gasteiger partial charge in [0.05, 0.1) is 0 Å². The van der Waals surface area contributed by atoms with Crippen molar-refractivity contribution in [1.82, 2.24) is 5.32 Å². The van der Waals surface area contributed by atoms with Gasteiger partial charge in [-0.1, -0.05) is 32.9 Å². The van der Waals surface area contributed by atoms with Gasteiger partial charge in [0.1, 0.15) is 0 Å². The lowest BCUT2D eigenvalue weighted by atomic mass is 9.85. The van der Waals surface area contributed by atoms with Crippen molar-refractivity contribution in [3.05, 3.63) is 29.8 Å². The molecule has 0 heterocycles. The number of hydrogen-bond acceptors (Lipinski definition) is 3. The SMILES string of the molecule is CCN(CC)c1ccc(CNC(CCO)C(C)(C)C)cc1. The fraction of sp³-hybridized carbons (Fsp3) is 0.667. The van der Waals surface area contributed by atoms with Gasteiger partial charge in [-0.15, -0.1) is 0 Å². The standard InChI is InChI=1S/C18H32N2O/c1-6-20(7-2)16-10-8-15(9-11-16)14-19-17(12-13-21)18(3,4)5/h8-11,17,19,21H,6-7,12-14H2,1-5H3. The number of hydrogen-bond donors (Lipinski definition) is 2. The Morgan fingerprint density at radius 1 is 1.10 bits per heavy atom. The van der Waals surface area contributed by atoms with Crippen LogP contribution in [0.4, 0.5) is 5.69 Å². The van der Waals surface area contributed by atoms with E-state index in [0.29, 0.717) is 6.04 Å². The highest BCUT2D eigenvalue weighted by molar-refractivity contribution is 5.47. The van der Waals surface area contributed by atoms with Crippen LogP contribution in [0.25, 0.3) is 0 Å². The molecule has 1 atom stereocenters. The predicted molar refractivity (Wildman–Crippen MR) is 91.8 cm³/mol. The average molecular weight is 292 g/mol. The Balaban J connectivity index is 2.63. The molecular weight excluding hydrogens is 260 g/mol. The largest absolute Gasteiger partial charge is 0.396 e. The lowest BCUT2D eigenvalue weighted by Gasteiger charge is -2.31. The summed E-state index contributed by atoms with van der Waals surface area (Å²) in [5.41, 5.74) is 2.73. The second kappa shape index (κ2) is 8.40. The van der Waals surface area contributed by atoms with Crippen molar-refractivity contribution in [3.63, 3.8) is 0 Å². The van der Waals surface area contributed by atoms with Crippen LogP contribution in [0.3, 0.4) is 0 Å². The van der Waals surface area contributed by atoms with Gasteiger partial charge in [0.15, 0.2) is 0 Å². The Kier molecular flexibility index (Phi) is 7.20. The summed E-state index contributed by atoms with van der Waals surface area (Å²) in [6, 6.07) is 9.10. The molecular formula is C18H32N2O. The number of aliphatic hydroxyl groups is 1. The van der Waals surface area contributed by atoms with E-state index < -0.39 is 0 Å². The van der Waals surface area contributed by atoms with Crippen molar-refractivity contribution >= 4 is 5.69 Å². The van der Waals surface area contributed by atoms with Gasteiger partial charge in [-0.2, -0.15) is 0 Å². The molecule has 0 aliphatic rings. The summed E-state index contributed by atoms with van der Waals surface area (Å²) >= 11 is 0. The molecule has 21 heavy (non-hydrogen) atoms. The first-order chi connectivity index (χ1) is 9.92. The Hall–Kier alpha value is -1.06. The highest BCUT2D eigenvalue weighted by Gasteiger charge is 2.23. The second-order valence-electron chi connectivity index (χ2n) is 6.65. The van der Waals surface area contributed by atoms with E-state index in [1.54, 1.807) is 0 Å². The molecule has 0 bridgehead atoms. The molecule has 2 N–H and O–H groups in total. The molecule has 0 saturated heterocycles. The Bertz CT molecular complexity index is 391. The van der Waals surface area contributed by atoms with Crippen LogP contribution in [0.15, 0.2) is 24.3 Å². The Morgan fingerprint density at radius 2 is 1.67 bits per heavy atom. The molecule has 0 fully saturated rings. The van der Waals surface area contributed by atoms with E-state index in [1.165, 1.54) is 11.3 Å². The van der Waals surface area contributed by atoms with Crippen LogP contribution in [0.1, 0.15) is 46.6 Å². The first-order valence-electron chi connectivity index (χ1n) is 8.10. The van der Waals surface area contributed by atoms with E-state index in [4.69, 9.17) is 0 Å². The van der Waals surface area contributed by atoms with Gasteiger partial charge in [-0.05, 0) is 43.4 Å². The van der Waals surface area contributed by atoms with E-state index in [1.807, 2.05) is 0 Å². The molecule has 120 valence electrons. The van der Waals surface area contributed by atoms with Crippen LogP contribution >= 0.6 is 0 Å². The third-order valence-corrected chi connectivity index (χ3v) is 4.08. The summed E-state index contributed by atoms with van der Waals surface area (Å²) in [5.74, 6) is 0. The van der Waals surface area contributed by atoms with E-state index in [2.05, 4.69) is 69.1 Å². The first kappa shape index (κ1) is 18.0. The van der Waals surface area contributed by atoms with E-state index >= 15 is 0 Å². The molecule has 0 amide bonds. The van der Waals surface area contributed by atoms with E-state index in [9.17, 15) is 5.11 Å². The average Bonchev–Trinajstić information content (AvgIpc) is 2.45. The smallest absolute Gasteiger partial charge is 0.0446 e. The molecule has 0 spiro atoms. The van der Waals surface area contributed by atoms with Crippen LogP contribution in [0.5, 0.6) is 0 Å². The molecule has 3 nitrogen and oxygen atoms in total. The number of aliphatic hydroxyl groups excluding tert-OH is 1. The van der Waals surface area contributed by atoms with Crippen LogP contribution in [0, 0.1) is 5.41 Å². The van der Waals surface area contributed by atoms with Crippen LogP contribution in [0.2, 0.25) is 0 Å². The zero-order chi connectivity index (χ0) is 15.9. The zero-order valence-electron chi connectivity index (χ0n) is 14.3. The van der Waals surface area contributed by atoms with Gasteiger partial charge in [-0.25, -0.2) is 0 Å². The molecule has 1 unspecified atom stereocenters. The monoisotopic (exact) mass is 292 g/mol. The maximum absolute atomic E-state index is 9.20. The summed E-state index contributed by atoms with van der Waals surface area (Å²) in [7, 11) is 0. The van der Waals surface area contributed by atoms with Crippen molar-refractivity contribution in [2.45, 2.75) is 53.6 Å². The normalized spacial score (nSPS) is 13.2. The van der Waals surface area contributed by atoms with Crippen molar-refractivity contribution in [2.75, 3.05) is 24.6 Å². The van der Waals surface area contributed by atoms with Gasteiger partial charge >= 0.3 is 0 Å². The fourth-order valence-corrected chi connectivity index (χ4v) is 2.62. The maximum atomic E-state index is 9.20. The molecule has 1 aromatic carbocycles. The lowest BCUT2D eigenvalue weighted by Crippen LogP contribution is -2.40. The molecule has 3 heteroatoms. The zero-order valence-corrected chi connectivity index (χ0v) is 14.3. The van der Waals surface area contributed by atoms with Gasteiger partial charge in [-0.3, -0.25) is 0 Å². The number of nitrogens with one attached hydrogen (secondary N) is 1. The molecule has 0 saturated carbocycles. The summed E-state index contributed by atoms with van der Waals surface area (Å²) in [6.07, 6.45) is 0.793. The summed E-state index contributed by atoms with van der Waals surface area (Å²) < 4.78 is 0. The van der Waals surface area contributed by atoms with Crippen LogP contribution < -0.4 is 10.2 Å². The van der Waals surface area contributed by atoms with Crippen molar-refractivity contribution in [3.8, 4) is 0 Å². The van der Waals surface area contributed by atoms with Crippen molar-refractivity contribution < 1.29 is 5.11 Å². The summed E-state index contributed by atoms with van der Waals surface area (Å²) in [4.78, 5) is 2.35. The molecule has 1 aromatic rings. The molecule has 0 aliphatic carbocycles. The topological polar surface area (TPSA) is 35.5 Å². The van der Waals surface area contributed by atoms with E-state index in [-0.39, 0.29) is 12.0 Å². The minimum Gasteiger partial charge on any atom is -0.396 e. The van der Waals surface area contributed by atoms with Gasteiger partial charge in [0, 0.05) is 38.0 Å². The number of rotatable bonds is 8. The fourth-order valence-electron chi connectivity index (χ4n) is 2.62. The third kappa shape index (κ3) is 5.68. The molecule has 1 rings (SSSR count). The number of benzene rings is 1. The Morgan fingerprint density at radius 3 is 2.10 bits per heavy atom. The minimum atomic E-state index is 0.157. The van der Waals surface area contributed by atoms with Gasteiger partial charge < -0.3 is 15.3 Å². The quantitative estimate of drug-likeness (QED) is 0.770. The second-order valence-corrected chi connectivity index (χ2v) is 6.65. The molecule has 0 aromatic heterocycles. The number of anilines is 1.